The molecule has 2 aromatic carbocycles. The number of rotatable bonds is 14. The summed E-state index contributed by atoms with van der Waals surface area (Å²) in [5, 5.41) is 25.3. The summed E-state index contributed by atoms with van der Waals surface area (Å²) in [7, 11) is 0. The van der Waals surface area contributed by atoms with E-state index >= 15 is 0 Å². The smallest absolute Gasteiger partial charge is 0.344 e. The standard InChI is InChI=1S/C21H23ClFNO5.C13H19N3O4/c1-2-3-6-9-28-19(25)12-29-18-11-17(16(23)10-15(18)22)24-20(26)13-7-4-5-8-14(13)21(24)27;1-5-10(6-2)14-12-11(15(17)18)7-8(3)9(4)13(12)16(19)20/h10-11H,2-9,12H2,1H3;7,10,14H,5-6H2,1-4H3. The first-order chi connectivity index (χ1) is 23.3. The van der Waals surface area contributed by atoms with E-state index < -0.39 is 40.1 Å². The molecule has 2 amide bonds. The Hall–Kier alpha value is -4.59. The number of hydrogen-bond donors (Lipinski definition) is 1. The van der Waals surface area contributed by atoms with E-state index in [4.69, 9.17) is 21.1 Å². The molecule has 0 atom stereocenters. The van der Waals surface area contributed by atoms with Crippen molar-refractivity contribution in [2.45, 2.75) is 98.4 Å². The molecule has 1 aliphatic heterocycles. The first-order valence-corrected chi connectivity index (χ1v) is 16.7. The Balaban J connectivity index is 0.000000286. The molecule has 1 N–H and O–H groups in total. The number of esters is 1. The number of nitro benzene ring substituents is 2. The molecule has 0 spiro atoms. The Morgan fingerprint density at radius 1 is 1.00 bits per heavy atom. The van der Waals surface area contributed by atoms with Crippen molar-refractivity contribution in [2.75, 3.05) is 23.4 Å². The van der Waals surface area contributed by atoms with Gasteiger partial charge in [0.1, 0.15) is 11.6 Å². The summed E-state index contributed by atoms with van der Waals surface area (Å²) < 4.78 is 25.0. The minimum Gasteiger partial charge on any atom is -0.480 e. The molecule has 0 bridgehead atoms. The van der Waals surface area contributed by atoms with Gasteiger partial charge in [-0.3, -0.25) is 29.8 Å². The molecule has 1 heterocycles. The van der Waals surface area contributed by atoms with Crippen LogP contribution in [-0.4, -0.2) is 46.9 Å². The van der Waals surface area contributed by atoms with Crippen LogP contribution >= 0.6 is 11.6 Å². The number of ether oxygens (including phenoxy) is 2. The number of carbonyl (C=O) groups is 3. The monoisotopic (exact) mass is 704 g/mol. The molecule has 2 aliphatic rings. The average Bonchev–Trinajstić information content (AvgIpc) is 3.32. The van der Waals surface area contributed by atoms with Gasteiger partial charge < -0.3 is 14.8 Å². The van der Waals surface area contributed by atoms with Gasteiger partial charge in [0, 0.05) is 34.9 Å². The van der Waals surface area contributed by atoms with E-state index in [1.165, 1.54) is 12.1 Å². The van der Waals surface area contributed by atoms with Gasteiger partial charge in [-0.15, -0.1) is 0 Å². The number of halogens is 2. The van der Waals surface area contributed by atoms with Gasteiger partial charge in [-0.1, -0.05) is 45.2 Å². The van der Waals surface area contributed by atoms with Gasteiger partial charge in [-0.05, 0) is 70.4 Å². The van der Waals surface area contributed by atoms with Crippen molar-refractivity contribution < 1.29 is 38.1 Å². The molecule has 0 radical (unpaired) electrons. The highest BCUT2D eigenvalue weighted by molar-refractivity contribution is 6.34. The Bertz CT molecular complexity index is 1610. The maximum atomic E-state index is 14.5. The van der Waals surface area contributed by atoms with E-state index in [0.29, 0.717) is 41.7 Å². The fourth-order valence-electron chi connectivity index (χ4n) is 5.57. The Labute approximate surface area is 289 Å². The van der Waals surface area contributed by atoms with Crippen molar-refractivity contribution in [1.29, 1.82) is 0 Å². The Kier molecular flexibility index (Phi) is 14.0. The van der Waals surface area contributed by atoms with Gasteiger partial charge in [0.15, 0.2) is 12.3 Å². The van der Waals surface area contributed by atoms with Gasteiger partial charge in [0.2, 0.25) is 0 Å². The fourth-order valence-corrected chi connectivity index (χ4v) is 5.77. The molecule has 266 valence electrons. The number of carbonyl (C=O) groups excluding carboxylic acids is 3. The molecule has 1 aliphatic carbocycles. The van der Waals surface area contributed by atoms with Crippen LogP contribution in [0.1, 0.15) is 89.7 Å². The quantitative estimate of drug-likeness (QED) is 0.0667. The summed E-state index contributed by atoms with van der Waals surface area (Å²) in [6, 6.07) is 3.49. The Morgan fingerprint density at radius 2 is 1.61 bits per heavy atom. The maximum absolute atomic E-state index is 14.5. The number of nitrogens with zero attached hydrogens (tertiary/aromatic N) is 3. The first-order valence-electron chi connectivity index (χ1n) is 16.3. The number of unbranched alkanes of at least 4 members (excludes halogenated alkanes) is 2. The lowest BCUT2D eigenvalue weighted by Crippen LogP contribution is -2.32. The highest BCUT2D eigenvalue weighted by Crippen LogP contribution is 2.41. The van der Waals surface area contributed by atoms with Crippen molar-refractivity contribution in [3.63, 3.8) is 0 Å². The summed E-state index contributed by atoms with van der Waals surface area (Å²) in [5.74, 6) is -2.40. The minimum absolute atomic E-state index is 0.000883. The van der Waals surface area contributed by atoms with Gasteiger partial charge in [-0.2, -0.15) is 0 Å². The fraction of sp³-hybridized carbons (Fsp3) is 0.500. The number of amides is 2. The summed E-state index contributed by atoms with van der Waals surface area (Å²) in [5.41, 5.74) is 1.23. The number of hydrogen-bond acceptors (Lipinski definition) is 10. The highest BCUT2D eigenvalue weighted by Gasteiger charge is 2.41. The molecule has 2 aromatic rings. The van der Waals surface area contributed by atoms with E-state index in [0.717, 1.165) is 55.9 Å². The Morgan fingerprint density at radius 3 is 2.14 bits per heavy atom. The van der Waals surface area contributed by atoms with Gasteiger partial charge >= 0.3 is 11.7 Å². The van der Waals surface area contributed by atoms with Gasteiger partial charge in [0.05, 0.1) is 27.2 Å². The molecular formula is C34H42ClFN4O9. The molecule has 49 heavy (non-hydrogen) atoms. The van der Waals surface area contributed by atoms with Crippen LogP contribution in [0.2, 0.25) is 5.02 Å². The predicted molar refractivity (Wildman–Crippen MR) is 183 cm³/mol. The first kappa shape index (κ1) is 38.9. The zero-order valence-electron chi connectivity index (χ0n) is 28.4. The zero-order chi connectivity index (χ0) is 36.4. The van der Waals surface area contributed by atoms with Gasteiger partial charge in [-0.25, -0.2) is 14.1 Å². The molecule has 0 saturated heterocycles. The van der Waals surface area contributed by atoms with Crippen LogP contribution in [0.15, 0.2) is 29.3 Å². The molecule has 15 heteroatoms. The van der Waals surface area contributed by atoms with Crippen LogP contribution in [0.5, 0.6) is 5.75 Å². The van der Waals surface area contributed by atoms with E-state index in [1.807, 2.05) is 20.8 Å². The van der Waals surface area contributed by atoms with Crippen LogP contribution in [0.3, 0.4) is 0 Å². The van der Waals surface area contributed by atoms with Crippen LogP contribution < -0.4 is 15.0 Å². The van der Waals surface area contributed by atoms with Crippen molar-refractivity contribution >= 4 is 52.1 Å². The second-order valence-electron chi connectivity index (χ2n) is 11.8. The summed E-state index contributed by atoms with van der Waals surface area (Å²) >= 11 is 6.02. The lowest BCUT2D eigenvalue weighted by molar-refractivity contribution is -0.392. The number of nitrogens with one attached hydrogen (secondary N) is 1. The SMILES string of the molecule is CCC(CC)Nc1c([N+](=O)[O-])cc(C)c(C)c1[N+](=O)[O-].CCCCCOC(=O)COc1cc(N2C(=O)C3=C(CCCC3)C2=O)c(F)cc1Cl. The zero-order valence-corrected chi connectivity index (χ0v) is 29.1. The lowest BCUT2D eigenvalue weighted by atomic mass is 9.93. The second kappa shape index (κ2) is 17.7. The molecule has 4 rings (SSSR count). The van der Waals surface area contributed by atoms with Crippen LogP contribution in [0.4, 0.5) is 27.1 Å². The third-order valence-electron chi connectivity index (χ3n) is 8.50. The predicted octanol–water partition coefficient (Wildman–Crippen LogP) is 8.06. The van der Waals surface area contributed by atoms with Crippen molar-refractivity contribution in [3.05, 3.63) is 71.5 Å². The highest BCUT2D eigenvalue weighted by atomic mass is 35.5. The number of benzene rings is 2. The van der Waals surface area contributed by atoms with E-state index in [2.05, 4.69) is 5.32 Å². The second-order valence-corrected chi connectivity index (χ2v) is 12.2. The van der Waals surface area contributed by atoms with Gasteiger partial charge in [0.25, 0.3) is 17.5 Å². The molecular weight excluding hydrogens is 663 g/mol. The maximum Gasteiger partial charge on any atom is 0.344 e. The lowest BCUT2D eigenvalue weighted by Gasteiger charge is -2.18. The van der Waals surface area contributed by atoms with E-state index in [-0.39, 0.29) is 39.6 Å². The van der Waals surface area contributed by atoms with Crippen LogP contribution in [0.25, 0.3) is 0 Å². The molecule has 0 fully saturated rings. The topological polar surface area (TPSA) is 171 Å². The number of nitro groups is 2. The molecule has 0 saturated carbocycles. The van der Waals surface area contributed by atoms with E-state index in [9.17, 15) is 39.0 Å². The third kappa shape index (κ3) is 9.31. The minimum atomic E-state index is -0.814. The van der Waals surface area contributed by atoms with Crippen LogP contribution in [0, 0.1) is 39.9 Å². The number of anilines is 2. The van der Waals surface area contributed by atoms with Crippen molar-refractivity contribution in [3.8, 4) is 5.75 Å². The summed E-state index contributed by atoms with van der Waals surface area (Å²) in [6.07, 6.45) is 6.87. The normalized spacial score (nSPS) is 14.0. The van der Waals surface area contributed by atoms with E-state index in [1.54, 1.807) is 13.8 Å². The molecule has 13 nitrogen and oxygen atoms in total. The number of imide groups is 1. The molecule has 0 aromatic heterocycles. The largest absolute Gasteiger partial charge is 0.480 e. The molecule has 0 unspecified atom stereocenters. The third-order valence-corrected chi connectivity index (χ3v) is 8.79. The average molecular weight is 705 g/mol. The summed E-state index contributed by atoms with van der Waals surface area (Å²) in [6.45, 7) is 9.03. The number of aryl methyl sites for hydroxylation is 1. The summed E-state index contributed by atoms with van der Waals surface area (Å²) in [4.78, 5) is 59.3. The van der Waals surface area contributed by atoms with Crippen molar-refractivity contribution in [2.24, 2.45) is 0 Å². The van der Waals surface area contributed by atoms with Crippen molar-refractivity contribution in [1.82, 2.24) is 0 Å². The van der Waals surface area contributed by atoms with Crippen LogP contribution in [-0.2, 0) is 19.1 Å².